The lowest BCUT2D eigenvalue weighted by molar-refractivity contribution is 0.0400. The van der Waals surface area contributed by atoms with E-state index in [9.17, 15) is 5.11 Å². The molecular weight excluding hydrogens is 206 g/mol. The molecule has 92 valence electrons. The van der Waals surface area contributed by atoms with E-state index in [0.717, 1.165) is 25.6 Å². The van der Waals surface area contributed by atoms with Crippen molar-refractivity contribution in [3.8, 4) is 0 Å². The van der Waals surface area contributed by atoms with Crippen molar-refractivity contribution in [1.82, 2.24) is 4.90 Å². The average Bonchev–Trinajstić information content (AvgIpc) is 2.08. The van der Waals surface area contributed by atoms with E-state index in [1.807, 2.05) is 25.6 Å². The zero-order valence-electron chi connectivity index (χ0n) is 10.9. The Morgan fingerprint density at radius 2 is 1.93 bits per heavy atom. The molecule has 0 amide bonds. The molecule has 1 N–H and O–H groups in total. The summed E-state index contributed by atoms with van der Waals surface area (Å²) in [5, 5.41) is 9.72. The molecule has 0 bridgehead atoms. The monoisotopic (exact) mass is 233 g/mol. The van der Waals surface area contributed by atoms with Crippen LogP contribution in [-0.4, -0.2) is 46.7 Å². The predicted molar refractivity (Wildman–Crippen MR) is 70.6 cm³/mol. The largest absolute Gasteiger partial charge is 0.389 e. The third-order valence-corrected chi connectivity index (χ3v) is 3.43. The highest BCUT2D eigenvalue weighted by atomic mass is 32.2. The predicted octanol–water partition coefficient (Wildman–Crippen LogP) is 2.47. The van der Waals surface area contributed by atoms with Gasteiger partial charge in [0.1, 0.15) is 0 Å². The number of thioether (sulfide) groups is 1. The first-order valence-electron chi connectivity index (χ1n) is 5.87. The molecule has 3 heteroatoms. The van der Waals surface area contributed by atoms with E-state index >= 15 is 0 Å². The first kappa shape index (κ1) is 15.3. The van der Waals surface area contributed by atoms with Crippen LogP contribution in [0.5, 0.6) is 0 Å². The molecule has 0 aliphatic heterocycles. The van der Waals surface area contributed by atoms with Gasteiger partial charge < -0.3 is 5.11 Å². The number of likely N-dealkylation sites (N-methyl/N-ethyl adjacent to an activating group) is 1. The van der Waals surface area contributed by atoms with E-state index in [2.05, 4.69) is 25.7 Å². The third kappa shape index (κ3) is 10.6. The Bertz CT molecular complexity index is 154. The molecule has 0 saturated carbocycles. The van der Waals surface area contributed by atoms with Crippen LogP contribution in [0.25, 0.3) is 0 Å². The molecule has 0 unspecified atom stereocenters. The highest BCUT2D eigenvalue weighted by Crippen LogP contribution is 2.09. The van der Waals surface area contributed by atoms with Gasteiger partial charge in [0.15, 0.2) is 0 Å². The molecule has 0 aromatic rings. The van der Waals surface area contributed by atoms with Crippen LogP contribution in [0.15, 0.2) is 0 Å². The summed E-state index contributed by atoms with van der Waals surface area (Å²) in [5.41, 5.74) is -0.571. The van der Waals surface area contributed by atoms with Crippen LogP contribution in [0.4, 0.5) is 0 Å². The van der Waals surface area contributed by atoms with Gasteiger partial charge in [0, 0.05) is 18.8 Å². The molecule has 0 radical (unpaired) electrons. The molecule has 0 aliphatic carbocycles. The molecule has 0 rings (SSSR count). The summed E-state index contributed by atoms with van der Waals surface area (Å²) in [6.07, 6.45) is 0. The lowest BCUT2D eigenvalue weighted by Crippen LogP contribution is -2.39. The first-order valence-corrected chi connectivity index (χ1v) is 7.03. The Morgan fingerprint density at radius 1 is 1.33 bits per heavy atom. The minimum atomic E-state index is -0.571. The topological polar surface area (TPSA) is 23.5 Å². The molecule has 0 aromatic heterocycles. The molecular formula is C12H27NOS. The van der Waals surface area contributed by atoms with Gasteiger partial charge in [0.25, 0.3) is 0 Å². The van der Waals surface area contributed by atoms with E-state index in [0.29, 0.717) is 0 Å². The molecule has 0 fully saturated rings. The van der Waals surface area contributed by atoms with Crippen LogP contribution >= 0.6 is 11.8 Å². The fourth-order valence-corrected chi connectivity index (χ4v) is 2.43. The minimum absolute atomic E-state index is 0.571. The van der Waals surface area contributed by atoms with Gasteiger partial charge in [-0.15, -0.1) is 0 Å². The van der Waals surface area contributed by atoms with Gasteiger partial charge in [-0.3, -0.25) is 4.90 Å². The zero-order valence-corrected chi connectivity index (χ0v) is 11.7. The fraction of sp³-hybridized carbons (Fsp3) is 1.00. The van der Waals surface area contributed by atoms with Gasteiger partial charge in [-0.2, -0.15) is 11.8 Å². The molecule has 0 saturated heterocycles. The van der Waals surface area contributed by atoms with Crippen LogP contribution in [0.3, 0.4) is 0 Å². The van der Waals surface area contributed by atoms with E-state index in [1.165, 1.54) is 11.5 Å². The third-order valence-electron chi connectivity index (χ3n) is 2.06. The van der Waals surface area contributed by atoms with Crippen molar-refractivity contribution in [2.24, 2.45) is 5.92 Å². The summed E-state index contributed by atoms with van der Waals surface area (Å²) in [6.45, 7) is 13.3. The van der Waals surface area contributed by atoms with Crippen LogP contribution in [0, 0.1) is 5.92 Å². The van der Waals surface area contributed by atoms with Crippen molar-refractivity contribution in [3.05, 3.63) is 0 Å². The van der Waals surface area contributed by atoms with Gasteiger partial charge in [-0.25, -0.2) is 0 Å². The zero-order chi connectivity index (χ0) is 11.9. The van der Waals surface area contributed by atoms with E-state index in [4.69, 9.17) is 0 Å². The Kier molecular flexibility index (Phi) is 7.66. The highest BCUT2D eigenvalue weighted by molar-refractivity contribution is 7.99. The van der Waals surface area contributed by atoms with Crippen molar-refractivity contribution in [1.29, 1.82) is 0 Å². The maximum atomic E-state index is 9.72. The van der Waals surface area contributed by atoms with E-state index in [-0.39, 0.29) is 0 Å². The average molecular weight is 233 g/mol. The molecule has 15 heavy (non-hydrogen) atoms. The quantitative estimate of drug-likeness (QED) is 0.652. The second-order valence-corrected chi connectivity index (χ2v) is 6.30. The normalized spacial score (nSPS) is 12.8. The van der Waals surface area contributed by atoms with Crippen molar-refractivity contribution < 1.29 is 5.11 Å². The SMILES string of the molecule is CCN(CCSCC(C)C)CC(C)(C)O. The molecule has 0 heterocycles. The van der Waals surface area contributed by atoms with Gasteiger partial charge >= 0.3 is 0 Å². The number of hydrogen-bond donors (Lipinski definition) is 1. The van der Waals surface area contributed by atoms with Gasteiger partial charge in [0.2, 0.25) is 0 Å². The van der Waals surface area contributed by atoms with Gasteiger partial charge in [-0.1, -0.05) is 20.8 Å². The fourth-order valence-electron chi connectivity index (χ4n) is 1.41. The summed E-state index contributed by atoms with van der Waals surface area (Å²) >= 11 is 2.01. The standard InChI is InChI=1S/C12H27NOS/c1-6-13(10-12(4,5)14)7-8-15-9-11(2)3/h11,14H,6-10H2,1-5H3. The number of aliphatic hydroxyl groups is 1. The van der Waals surface area contributed by atoms with Gasteiger partial charge in [0.05, 0.1) is 5.60 Å². The van der Waals surface area contributed by atoms with Crippen molar-refractivity contribution in [2.45, 2.75) is 40.2 Å². The first-order chi connectivity index (χ1) is 6.85. The van der Waals surface area contributed by atoms with Crippen molar-refractivity contribution in [2.75, 3.05) is 31.1 Å². The van der Waals surface area contributed by atoms with Crippen molar-refractivity contribution in [3.63, 3.8) is 0 Å². The summed E-state index contributed by atoms with van der Waals surface area (Å²) < 4.78 is 0. The lowest BCUT2D eigenvalue weighted by atomic mass is 10.1. The summed E-state index contributed by atoms with van der Waals surface area (Å²) in [6, 6.07) is 0. The maximum Gasteiger partial charge on any atom is 0.0718 e. The summed E-state index contributed by atoms with van der Waals surface area (Å²) in [7, 11) is 0. The summed E-state index contributed by atoms with van der Waals surface area (Å²) in [5.74, 6) is 3.18. The van der Waals surface area contributed by atoms with Crippen molar-refractivity contribution >= 4 is 11.8 Å². The Labute approximate surface area is 99.4 Å². The second kappa shape index (κ2) is 7.53. The maximum absolute atomic E-state index is 9.72. The van der Waals surface area contributed by atoms with Gasteiger partial charge in [-0.05, 0) is 32.1 Å². The Hall–Kier alpha value is 0.270. The van der Waals surface area contributed by atoms with Crippen LogP contribution < -0.4 is 0 Å². The number of rotatable bonds is 8. The molecule has 0 atom stereocenters. The molecule has 0 aromatic carbocycles. The Balaban J connectivity index is 3.62. The molecule has 2 nitrogen and oxygen atoms in total. The summed E-state index contributed by atoms with van der Waals surface area (Å²) in [4.78, 5) is 2.31. The highest BCUT2D eigenvalue weighted by Gasteiger charge is 2.16. The Morgan fingerprint density at radius 3 is 2.33 bits per heavy atom. The number of nitrogens with zero attached hydrogens (tertiary/aromatic N) is 1. The molecule has 0 aliphatic rings. The number of hydrogen-bond acceptors (Lipinski definition) is 3. The lowest BCUT2D eigenvalue weighted by Gasteiger charge is -2.27. The van der Waals surface area contributed by atoms with Crippen LogP contribution in [0.1, 0.15) is 34.6 Å². The van der Waals surface area contributed by atoms with Crippen LogP contribution in [0.2, 0.25) is 0 Å². The second-order valence-electron chi connectivity index (χ2n) is 5.15. The van der Waals surface area contributed by atoms with E-state index < -0.39 is 5.60 Å². The molecule has 0 spiro atoms. The minimum Gasteiger partial charge on any atom is -0.389 e. The van der Waals surface area contributed by atoms with E-state index in [1.54, 1.807) is 0 Å². The smallest absolute Gasteiger partial charge is 0.0718 e. The van der Waals surface area contributed by atoms with Crippen LogP contribution in [-0.2, 0) is 0 Å².